The van der Waals surface area contributed by atoms with Gasteiger partial charge >= 0.3 is 0 Å². The predicted molar refractivity (Wildman–Crippen MR) is 60.4 cm³/mol. The molecular weight excluding hydrogens is 196 g/mol. The van der Waals surface area contributed by atoms with Gasteiger partial charge in [0.25, 0.3) is 0 Å². The normalized spacial score (nSPS) is 9.93. The summed E-state index contributed by atoms with van der Waals surface area (Å²) in [7, 11) is 2.03. The molecule has 0 aromatic carbocycles. The number of pyridine rings is 1. The zero-order valence-corrected chi connectivity index (χ0v) is 9.38. The maximum absolute atomic E-state index is 5.69. The summed E-state index contributed by atoms with van der Waals surface area (Å²) in [5.41, 5.74) is 2.23. The van der Waals surface area contributed by atoms with Crippen LogP contribution in [0.5, 0.6) is 0 Å². The molecule has 3 heteroatoms. The summed E-state index contributed by atoms with van der Waals surface area (Å²) < 4.78 is 0. The minimum absolute atomic E-state index is 0.531. The smallest absolute Gasteiger partial charge is 0.129 e. The Kier molecular flexibility index (Phi) is 3.96. The molecule has 1 aromatic rings. The summed E-state index contributed by atoms with van der Waals surface area (Å²) in [6.07, 6.45) is 2.62. The Morgan fingerprint density at radius 3 is 2.79 bits per heavy atom. The van der Waals surface area contributed by atoms with Crippen molar-refractivity contribution in [2.45, 2.75) is 13.3 Å². The van der Waals surface area contributed by atoms with Crippen molar-refractivity contribution in [1.29, 1.82) is 0 Å². The fourth-order valence-corrected chi connectivity index (χ4v) is 1.22. The molecule has 0 atom stereocenters. The lowest BCUT2D eigenvalue weighted by Gasteiger charge is -2.19. The highest BCUT2D eigenvalue weighted by molar-refractivity contribution is 6.29. The minimum atomic E-state index is 0.531. The topological polar surface area (TPSA) is 16.1 Å². The highest BCUT2D eigenvalue weighted by atomic mass is 35.5. The highest BCUT2D eigenvalue weighted by Crippen LogP contribution is 2.10. The number of halogens is 1. The van der Waals surface area contributed by atoms with Gasteiger partial charge in [0.05, 0.1) is 0 Å². The largest absolute Gasteiger partial charge is 0.378 e. The summed E-state index contributed by atoms with van der Waals surface area (Å²) in [4.78, 5) is 6.14. The molecule has 0 aliphatic carbocycles. The van der Waals surface area contributed by atoms with Gasteiger partial charge in [0.1, 0.15) is 5.15 Å². The molecule has 76 valence electrons. The molecule has 1 aromatic heterocycles. The molecular formula is C11H15ClN2. The van der Waals surface area contributed by atoms with Crippen molar-refractivity contribution in [3.63, 3.8) is 0 Å². The molecule has 2 nitrogen and oxygen atoms in total. The summed E-state index contributed by atoms with van der Waals surface area (Å²) in [6.45, 7) is 7.08. The van der Waals surface area contributed by atoms with Crippen molar-refractivity contribution in [2.24, 2.45) is 0 Å². The third-order valence-electron chi connectivity index (χ3n) is 2.21. The molecule has 0 amide bonds. The third kappa shape index (κ3) is 3.04. The van der Waals surface area contributed by atoms with Crippen LogP contribution >= 0.6 is 11.6 Å². The van der Waals surface area contributed by atoms with E-state index in [1.54, 1.807) is 12.3 Å². The monoisotopic (exact) mass is 210 g/mol. The van der Waals surface area contributed by atoms with Gasteiger partial charge in [-0.3, -0.25) is 0 Å². The molecule has 0 bridgehead atoms. The zero-order chi connectivity index (χ0) is 10.6. The Bertz CT molecular complexity index is 306. The minimum Gasteiger partial charge on any atom is -0.378 e. The van der Waals surface area contributed by atoms with Crippen LogP contribution in [-0.2, 0) is 6.42 Å². The molecule has 0 spiro atoms. The van der Waals surface area contributed by atoms with E-state index in [0.717, 1.165) is 24.2 Å². The third-order valence-corrected chi connectivity index (χ3v) is 2.43. The van der Waals surface area contributed by atoms with E-state index in [0.29, 0.717) is 5.15 Å². The Balaban J connectivity index is 2.60. The Hall–Kier alpha value is -1.02. The maximum atomic E-state index is 5.69. The summed E-state index contributed by atoms with van der Waals surface area (Å²) in [5, 5.41) is 0.531. The Labute approximate surface area is 90.2 Å². The van der Waals surface area contributed by atoms with Crippen molar-refractivity contribution in [3.05, 3.63) is 41.3 Å². The SMILES string of the molecule is C=C(Cc1ccc(Cl)nc1)N(C)CC. The highest BCUT2D eigenvalue weighted by Gasteiger charge is 2.01. The van der Waals surface area contributed by atoms with E-state index in [1.807, 2.05) is 13.1 Å². The maximum Gasteiger partial charge on any atom is 0.129 e. The Morgan fingerprint density at radius 2 is 2.29 bits per heavy atom. The molecule has 14 heavy (non-hydrogen) atoms. The predicted octanol–water partition coefficient (Wildman–Crippen LogP) is 2.74. The van der Waals surface area contributed by atoms with Crippen molar-refractivity contribution in [2.75, 3.05) is 13.6 Å². The fraction of sp³-hybridized carbons (Fsp3) is 0.364. The number of aromatic nitrogens is 1. The molecule has 0 saturated heterocycles. The second-order valence-corrected chi connectivity index (χ2v) is 3.63. The number of rotatable bonds is 4. The fourth-order valence-electron chi connectivity index (χ4n) is 1.11. The second-order valence-electron chi connectivity index (χ2n) is 3.25. The molecule has 0 aliphatic rings. The first kappa shape index (κ1) is 11.1. The quantitative estimate of drug-likeness (QED) is 0.711. The number of likely N-dealkylation sites (N-methyl/N-ethyl adjacent to an activating group) is 1. The van der Waals surface area contributed by atoms with Crippen LogP contribution in [0.15, 0.2) is 30.6 Å². The molecule has 0 unspecified atom stereocenters. The van der Waals surface area contributed by atoms with Crippen molar-refractivity contribution >= 4 is 11.6 Å². The summed E-state index contributed by atoms with van der Waals surface area (Å²) >= 11 is 5.69. The van der Waals surface area contributed by atoms with E-state index >= 15 is 0 Å². The van der Waals surface area contributed by atoms with Gasteiger partial charge in [0, 0.05) is 31.9 Å². The standard InChI is InChI=1S/C11H15ClN2/c1-4-14(3)9(2)7-10-5-6-11(12)13-8-10/h5-6,8H,2,4,7H2,1,3H3. The van der Waals surface area contributed by atoms with E-state index in [4.69, 9.17) is 11.6 Å². The van der Waals surface area contributed by atoms with Crippen LogP contribution in [0.2, 0.25) is 5.15 Å². The van der Waals surface area contributed by atoms with Gasteiger partial charge in [-0.1, -0.05) is 24.2 Å². The molecule has 0 saturated carbocycles. The van der Waals surface area contributed by atoms with Gasteiger partial charge in [0.2, 0.25) is 0 Å². The molecule has 0 radical (unpaired) electrons. The van der Waals surface area contributed by atoms with Crippen molar-refractivity contribution in [3.8, 4) is 0 Å². The van der Waals surface area contributed by atoms with Crippen LogP contribution in [0, 0.1) is 0 Å². The summed E-state index contributed by atoms with van der Waals surface area (Å²) in [6, 6.07) is 3.78. The van der Waals surface area contributed by atoms with E-state index in [9.17, 15) is 0 Å². The van der Waals surface area contributed by atoms with Gasteiger partial charge in [-0.05, 0) is 18.6 Å². The van der Waals surface area contributed by atoms with Gasteiger partial charge < -0.3 is 4.90 Å². The lowest BCUT2D eigenvalue weighted by molar-refractivity contribution is 0.433. The second kappa shape index (κ2) is 5.01. The van der Waals surface area contributed by atoms with Crippen LogP contribution < -0.4 is 0 Å². The summed E-state index contributed by atoms with van der Waals surface area (Å²) in [5.74, 6) is 0. The lowest BCUT2D eigenvalue weighted by Crippen LogP contribution is -2.17. The van der Waals surface area contributed by atoms with Crippen LogP contribution in [0.1, 0.15) is 12.5 Å². The van der Waals surface area contributed by atoms with E-state index < -0.39 is 0 Å². The van der Waals surface area contributed by atoms with Crippen molar-refractivity contribution < 1.29 is 0 Å². The van der Waals surface area contributed by atoms with E-state index in [-0.39, 0.29) is 0 Å². The molecule has 1 rings (SSSR count). The lowest BCUT2D eigenvalue weighted by atomic mass is 10.1. The molecule has 0 aliphatic heterocycles. The number of nitrogens with zero attached hydrogens (tertiary/aromatic N) is 2. The van der Waals surface area contributed by atoms with Gasteiger partial charge in [-0.2, -0.15) is 0 Å². The van der Waals surface area contributed by atoms with Crippen LogP contribution in [0.3, 0.4) is 0 Å². The van der Waals surface area contributed by atoms with Crippen LogP contribution in [-0.4, -0.2) is 23.5 Å². The van der Waals surface area contributed by atoms with Gasteiger partial charge in [0.15, 0.2) is 0 Å². The molecule has 0 fully saturated rings. The first-order valence-corrected chi connectivity index (χ1v) is 5.00. The number of hydrogen-bond acceptors (Lipinski definition) is 2. The van der Waals surface area contributed by atoms with Gasteiger partial charge in [-0.25, -0.2) is 4.98 Å². The van der Waals surface area contributed by atoms with Crippen molar-refractivity contribution in [1.82, 2.24) is 9.88 Å². The van der Waals surface area contributed by atoms with E-state index in [2.05, 4.69) is 23.4 Å². The molecule has 1 heterocycles. The van der Waals surface area contributed by atoms with E-state index in [1.165, 1.54) is 0 Å². The first-order valence-electron chi connectivity index (χ1n) is 4.62. The number of hydrogen-bond donors (Lipinski definition) is 0. The molecule has 0 N–H and O–H groups in total. The Morgan fingerprint density at radius 1 is 1.57 bits per heavy atom. The average Bonchev–Trinajstić information content (AvgIpc) is 2.20. The number of allylic oxidation sites excluding steroid dienone is 1. The first-order chi connectivity index (χ1) is 6.63. The zero-order valence-electron chi connectivity index (χ0n) is 8.63. The van der Waals surface area contributed by atoms with Gasteiger partial charge in [-0.15, -0.1) is 0 Å². The van der Waals surface area contributed by atoms with Crippen LogP contribution in [0.25, 0.3) is 0 Å². The average molecular weight is 211 g/mol. The van der Waals surface area contributed by atoms with Crippen LogP contribution in [0.4, 0.5) is 0 Å².